The van der Waals surface area contributed by atoms with E-state index < -0.39 is 10.0 Å². The standard InChI is InChI=1S/C16H24N2O3S2/c1-23(20,21)17-11-13-7-4-5-9-18(13)16(19)15-10-12-6-2-3-8-14(12)22-15/h10,13,17H,2-9,11H2,1H3. The number of aryl methyl sites for hydroxylation is 2. The Morgan fingerprint density at radius 3 is 2.83 bits per heavy atom. The SMILES string of the molecule is CS(=O)(=O)NCC1CCCCN1C(=O)c1cc2c(s1)CCCC2. The third kappa shape index (κ3) is 4.14. The molecule has 128 valence electrons. The van der Waals surface area contributed by atoms with Crippen LogP contribution < -0.4 is 4.72 Å². The van der Waals surface area contributed by atoms with Crippen LogP contribution in [0.15, 0.2) is 6.07 Å². The maximum Gasteiger partial charge on any atom is 0.264 e. The topological polar surface area (TPSA) is 66.5 Å². The van der Waals surface area contributed by atoms with E-state index in [0.29, 0.717) is 6.54 Å². The number of carbonyl (C=O) groups excluding carboxylic acids is 1. The van der Waals surface area contributed by atoms with Gasteiger partial charge in [0.2, 0.25) is 10.0 Å². The van der Waals surface area contributed by atoms with Gasteiger partial charge in [0, 0.05) is 24.0 Å². The van der Waals surface area contributed by atoms with Crippen LogP contribution in [0.5, 0.6) is 0 Å². The van der Waals surface area contributed by atoms with Gasteiger partial charge in [0.15, 0.2) is 0 Å². The Balaban J connectivity index is 1.74. The summed E-state index contributed by atoms with van der Waals surface area (Å²) in [7, 11) is -3.22. The summed E-state index contributed by atoms with van der Waals surface area (Å²) < 4.78 is 25.2. The van der Waals surface area contributed by atoms with Gasteiger partial charge < -0.3 is 4.90 Å². The second kappa shape index (κ2) is 6.91. The fraction of sp³-hybridized carbons (Fsp3) is 0.688. The highest BCUT2D eigenvalue weighted by Crippen LogP contribution is 2.31. The molecule has 23 heavy (non-hydrogen) atoms. The van der Waals surface area contributed by atoms with Gasteiger partial charge in [0.25, 0.3) is 5.91 Å². The fourth-order valence-electron chi connectivity index (χ4n) is 3.47. The lowest BCUT2D eigenvalue weighted by Crippen LogP contribution is -2.49. The molecule has 1 atom stereocenters. The molecule has 5 nitrogen and oxygen atoms in total. The van der Waals surface area contributed by atoms with Crippen molar-refractivity contribution in [3.05, 3.63) is 21.4 Å². The highest BCUT2D eigenvalue weighted by atomic mass is 32.2. The number of amides is 1. The van der Waals surface area contributed by atoms with Crippen LogP contribution in [0.2, 0.25) is 0 Å². The second-order valence-corrected chi connectivity index (χ2v) is 9.50. The van der Waals surface area contributed by atoms with E-state index in [0.717, 1.165) is 49.8 Å². The zero-order valence-electron chi connectivity index (χ0n) is 13.5. The molecule has 0 saturated carbocycles. The lowest BCUT2D eigenvalue weighted by atomic mass is 9.99. The van der Waals surface area contributed by atoms with Crippen molar-refractivity contribution < 1.29 is 13.2 Å². The normalized spacial score (nSPS) is 22.0. The molecule has 1 unspecified atom stereocenters. The molecule has 0 bridgehead atoms. The number of carbonyl (C=O) groups is 1. The van der Waals surface area contributed by atoms with Crippen LogP contribution in [0.3, 0.4) is 0 Å². The molecule has 1 amide bonds. The van der Waals surface area contributed by atoms with Gasteiger partial charge in [-0.3, -0.25) is 4.79 Å². The first-order valence-electron chi connectivity index (χ1n) is 8.31. The maximum atomic E-state index is 12.9. The van der Waals surface area contributed by atoms with Crippen LogP contribution in [0, 0.1) is 0 Å². The van der Waals surface area contributed by atoms with E-state index in [1.54, 1.807) is 11.3 Å². The van der Waals surface area contributed by atoms with Crippen molar-refractivity contribution in [2.45, 2.75) is 51.0 Å². The van der Waals surface area contributed by atoms with E-state index in [1.165, 1.54) is 23.3 Å². The Hall–Kier alpha value is -0.920. The third-order valence-electron chi connectivity index (χ3n) is 4.68. The Morgan fingerprint density at radius 1 is 1.30 bits per heavy atom. The summed E-state index contributed by atoms with van der Waals surface area (Å²) in [6.45, 7) is 1.03. The number of nitrogens with one attached hydrogen (secondary N) is 1. The van der Waals surface area contributed by atoms with Crippen molar-refractivity contribution >= 4 is 27.3 Å². The van der Waals surface area contributed by atoms with Gasteiger partial charge in [-0.15, -0.1) is 11.3 Å². The van der Waals surface area contributed by atoms with Crippen molar-refractivity contribution in [1.29, 1.82) is 0 Å². The van der Waals surface area contributed by atoms with E-state index in [4.69, 9.17) is 0 Å². The number of sulfonamides is 1. The van der Waals surface area contributed by atoms with Crippen LogP contribution in [0.1, 0.15) is 52.2 Å². The summed E-state index contributed by atoms with van der Waals surface area (Å²) in [4.78, 5) is 17.0. The van der Waals surface area contributed by atoms with Crippen LogP contribution in [-0.2, 0) is 22.9 Å². The fourth-order valence-corrected chi connectivity index (χ4v) is 5.17. The molecule has 1 aromatic heterocycles. The first-order chi connectivity index (χ1) is 10.9. The molecule has 1 N–H and O–H groups in total. The van der Waals surface area contributed by atoms with Gasteiger partial charge in [-0.2, -0.15) is 0 Å². The van der Waals surface area contributed by atoms with Crippen molar-refractivity contribution in [2.75, 3.05) is 19.3 Å². The average Bonchev–Trinajstić information content (AvgIpc) is 2.96. The number of fused-ring (bicyclic) bond motifs is 1. The van der Waals surface area contributed by atoms with Gasteiger partial charge in [-0.1, -0.05) is 0 Å². The highest BCUT2D eigenvalue weighted by Gasteiger charge is 2.29. The summed E-state index contributed by atoms with van der Waals surface area (Å²) in [6.07, 6.45) is 8.65. The third-order valence-corrected chi connectivity index (χ3v) is 6.59. The Kier molecular flexibility index (Phi) is 5.08. The van der Waals surface area contributed by atoms with Crippen LogP contribution in [0.4, 0.5) is 0 Å². The Labute approximate surface area is 142 Å². The molecule has 1 aliphatic carbocycles. The minimum atomic E-state index is -3.22. The van der Waals surface area contributed by atoms with Crippen molar-refractivity contribution in [1.82, 2.24) is 9.62 Å². The summed E-state index contributed by atoms with van der Waals surface area (Å²) in [5.74, 6) is 0.0735. The number of hydrogen-bond acceptors (Lipinski definition) is 4. The largest absolute Gasteiger partial charge is 0.334 e. The molecule has 0 radical (unpaired) electrons. The Bertz CT molecular complexity index is 658. The molecule has 1 saturated heterocycles. The van der Waals surface area contributed by atoms with Gasteiger partial charge >= 0.3 is 0 Å². The quantitative estimate of drug-likeness (QED) is 0.899. The Morgan fingerprint density at radius 2 is 2.09 bits per heavy atom. The van der Waals surface area contributed by atoms with E-state index in [1.807, 2.05) is 4.90 Å². The molecule has 1 aromatic rings. The zero-order valence-corrected chi connectivity index (χ0v) is 15.1. The molecule has 2 heterocycles. The van der Waals surface area contributed by atoms with E-state index >= 15 is 0 Å². The van der Waals surface area contributed by atoms with E-state index in [9.17, 15) is 13.2 Å². The molecule has 1 fully saturated rings. The number of rotatable bonds is 4. The maximum absolute atomic E-state index is 12.9. The predicted molar refractivity (Wildman–Crippen MR) is 92.5 cm³/mol. The molecule has 1 aliphatic heterocycles. The summed E-state index contributed by atoms with van der Waals surface area (Å²) in [6, 6.07) is 2.03. The predicted octanol–water partition coefficient (Wildman–Crippen LogP) is 2.17. The first-order valence-corrected chi connectivity index (χ1v) is 11.0. The number of hydrogen-bond donors (Lipinski definition) is 1. The first kappa shape index (κ1) is 16.9. The van der Waals surface area contributed by atoms with Crippen LogP contribution in [0.25, 0.3) is 0 Å². The number of thiophene rings is 1. The second-order valence-electron chi connectivity index (χ2n) is 6.53. The van der Waals surface area contributed by atoms with Crippen molar-refractivity contribution in [3.63, 3.8) is 0 Å². The number of piperidine rings is 1. The minimum absolute atomic E-state index is 0.0369. The van der Waals surface area contributed by atoms with Gasteiger partial charge in [0.1, 0.15) is 0 Å². The van der Waals surface area contributed by atoms with Crippen molar-refractivity contribution in [2.24, 2.45) is 0 Å². The highest BCUT2D eigenvalue weighted by molar-refractivity contribution is 7.88. The van der Waals surface area contributed by atoms with Crippen LogP contribution in [-0.4, -0.2) is 44.6 Å². The lowest BCUT2D eigenvalue weighted by molar-refractivity contribution is 0.0624. The number of nitrogens with zero attached hydrogens (tertiary/aromatic N) is 1. The molecule has 2 aliphatic rings. The van der Waals surface area contributed by atoms with Gasteiger partial charge in [0.05, 0.1) is 11.1 Å². The zero-order chi connectivity index (χ0) is 16.4. The van der Waals surface area contributed by atoms with Gasteiger partial charge in [-0.05, 0) is 56.6 Å². The molecule has 0 spiro atoms. The summed E-state index contributed by atoms with van der Waals surface area (Å²) in [5, 5.41) is 0. The molecule has 0 aromatic carbocycles. The average molecular weight is 357 g/mol. The van der Waals surface area contributed by atoms with Crippen LogP contribution >= 0.6 is 11.3 Å². The summed E-state index contributed by atoms with van der Waals surface area (Å²) in [5.41, 5.74) is 1.34. The van der Waals surface area contributed by atoms with Gasteiger partial charge in [-0.25, -0.2) is 13.1 Å². The molecular formula is C16H24N2O3S2. The minimum Gasteiger partial charge on any atom is -0.334 e. The summed E-state index contributed by atoms with van der Waals surface area (Å²) >= 11 is 1.63. The molecule has 3 rings (SSSR count). The smallest absolute Gasteiger partial charge is 0.264 e. The number of likely N-dealkylation sites (tertiary alicyclic amines) is 1. The van der Waals surface area contributed by atoms with E-state index in [2.05, 4.69) is 10.8 Å². The van der Waals surface area contributed by atoms with E-state index in [-0.39, 0.29) is 11.9 Å². The monoisotopic (exact) mass is 356 g/mol. The lowest BCUT2D eigenvalue weighted by Gasteiger charge is -2.35. The molecular weight excluding hydrogens is 332 g/mol. The van der Waals surface area contributed by atoms with Crippen molar-refractivity contribution in [3.8, 4) is 0 Å². The molecule has 7 heteroatoms.